The molecule has 0 spiro atoms. The fraction of sp³-hybridized carbons (Fsp3) is 0.188. The number of rotatable bonds is 3. The van der Waals surface area contributed by atoms with Crippen LogP contribution < -0.4 is 5.32 Å². The Bertz CT molecular complexity index is 779. The summed E-state index contributed by atoms with van der Waals surface area (Å²) in [4.78, 5) is 14.5. The molecule has 3 rings (SSSR count). The third kappa shape index (κ3) is 2.78. The van der Waals surface area contributed by atoms with E-state index in [1.807, 2.05) is 20.0 Å². The van der Waals surface area contributed by atoms with E-state index in [1.165, 1.54) is 5.56 Å². The highest BCUT2D eigenvalue weighted by molar-refractivity contribution is 7.15. The molecular weight excluding hydrogens is 280 g/mol. The summed E-state index contributed by atoms with van der Waals surface area (Å²) in [6.07, 6.45) is 1.77. The molecule has 21 heavy (non-hydrogen) atoms. The van der Waals surface area contributed by atoms with Gasteiger partial charge in [-0.25, -0.2) is 15.0 Å². The molecule has 0 bridgehead atoms. The van der Waals surface area contributed by atoms with E-state index in [2.05, 4.69) is 46.5 Å². The van der Waals surface area contributed by atoms with Gasteiger partial charge in [0.1, 0.15) is 0 Å². The molecule has 0 saturated heterocycles. The SMILES string of the molecule is CNc1nccc(-c2sc(C)nc2-c2cccc(C)c2)n1. The fourth-order valence-electron chi connectivity index (χ4n) is 2.19. The molecule has 0 radical (unpaired) electrons. The van der Waals surface area contributed by atoms with Crippen LogP contribution in [-0.4, -0.2) is 22.0 Å². The van der Waals surface area contributed by atoms with E-state index in [9.17, 15) is 0 Å². The second-order valence-corrected chi connectivity index (χ2v) is 6.00. The number of hydrogen-bond acceptors (Lipinski definition) is 5. The Morgan fingerprint density at radius 3 is 2.71 bits per heavy atom. The van der Waals surface area contributed by atoms with Gasteiger partial charge in [-0.2, -0.15) is 0 Å². The van der Waals surface area contributed by atoms with Crippen LogP contribution >= 0.6 is 11.3 Å². The monoisotopic (exact) mass is 296 g/mol. The van der Waals surface area contributed by atoms with Crippen molar-refractivity contribution in [1.29, 1.82) is 0 Å². The third-order valence-corrected chi connectivity index (χ3v) is 4.13. The first-order valence-electron chi connectivity index (χ1n) is 6.73. The minimum Gasteiger partial charge on any atom is -0.357 e. The molecule has 0 aliphatic carbocycles. The lowest BCUT2D eigenvalue weighted by Crippen LogP contribution is -1.96. The minimum absolute atomic E-state index is 0.619. The third-order valence-electron chi connectivity index (χ3n) is 3.14. The van der Waals surface area contributed by atoms with Gasteiger partial charge < -0.3 is 5.32 Å². The summed E-state index contributed by atoms with van der Waals surface area (Å²) in [5.41, 5.74) is 4.24. The lowest BCUT2D eigenvalue weighted by atomic mass is 10.1. The molecule has 0 fully saturated rings. The number of nitrogens with zero attached hydrogens (tertiary/aromatic N) is 3. The maximum atomic E-state index is 4.69. The number of anilines is 1. The van der Waals surface area contributed by atoms with Crippen molar-refractivity contribution in [3.63, 3.8) is 0 Å². The molecular formula is C16H16N4S. The maximum absolute atomic E-state index is 4.69. The fourth-order valence-corrected chi connectivity index (χ4v) is 3.11. The summed E-state index contributed by atoms with van der Waals surface area (Å²) >= 11 is 1.66. The van der Waals surface area contributed by atoms with E-state index in [-0.39, 0.29) is 0 Å². The molecule has 0 amide bonds. The van der Waals surface area contributed by atoms with Gasteiger partial charge in [-0.05, 0) is 26.0 Å². The van der Waals surface area contributed by atoms with Gasteiger partial charge in [0.05, 0.1) is 21.3 Å². The van der Waals surface area contributed by atoms with Gasteiger partial charge in [-0.15, -0.1) is 11.3 Å². The van der Waals surface area contributed by atoms with Crippen LogP contribution in [0.1, 0.15) is 10.6 Å². The van der Waals surface area contributed by atoms with Crippen LogP contribution in [0.4, 0.5) is 5.95 Å². The summed E-state index contributed by atoms with van der Waals surface area (Å²) in [6, 6.07) is 10.3. The molecule has 0 unspecified atom stereocenters. The lowest BCUT2D eigenvalue weighted by molar-refractivity contribution is 1.16. The van der Waals surface area contributed by atoms with E-state index in [0.29, 0.717) is 5.95 Å². The smallest absolute Gasteiger partial charge is 0.222 e. The van der Waals surface area contributed by atoms with Crippen molar-refractivity contribution < 1.29 is 0 Å². The zero-order valence-electron chi connectivity index (χ0n) is 12.2. The van der Waals surface area contributed by atoms with Crippen LogP contribution in [0.15, 0.2) is 36.5 Å². The molecule has 1 aromatic carbocycles. The largest absolute Gasteiger partial charge is 0.357 e. The molecule has 0 atom stereocenters. The zero-order valence-corrected chi connectivity index (χ0v) is 13.0. The average molecular weight is 296 g/mol. The predicted octanol–water partition coefficient (Wildman–Crippen LogP) is 3.93. The van der Waals surface area contributed by atoms with Crippen molar-refractivity contribution in [3.8, 4) is 21.8 Å². The van der Waals surface area contributed by atoms with Crippen molar-refractivity contribution in [1.82, 2.24) is 15.0 Å². The highest BCUT2D eigenvalue weighted by Gasteiger charge is 2.15. The molecule has 4 nitrogen and oxygen atoms in total. The van der Waals surface area contributed by atoms with Gasteiger partial charge in [0.15, 0.2) is 0 Å². The van der Waals surface area contributed by atoms with Gasteiger partial charge >= 0.3 is 0 Å². The number of hydrogen-bond donors (Lipinski definition) is 1. The van der Waals surface area contributed by atoms with Crippen LogP contribution in [0.2, 0.25) is 0 Å². The van der Waals surface area contributed by atoms with E-state index >= 15 is 0 Å². The number of aryl methyl sites for hydroxylation is 2. The Morgan fingerprint density at radius 2 is 1.95 bits per heavy atom. The number of nitrogens with one attached hydrogen (secondary N) is 1. The highest BCUT2D eigenvalue weighted by Crippen LogP contribution is 2.36. The zero-order chi connectivity index (χ0) is 14.8. The predicted molar refractivity (Wildman–Crippen MR) is 87.6 cm³/mol. The Labute approximate surface area is 127 Å². The van der Waals surface area contributed by atoms with Crippen molar-refractivity contribution in [2.45, 2.75) is 13.8 Å². The lowest BCUT2D eigenvalue weighted by Gasteiger charge is -2.04. The van der Waals surface area contributed by atoms with Crippen LogP contribution in [0, 0.1) is 13.8 Å². The Kier molecular flexibility index (Phi) is 3.66. The number of thiazole rings is 1. The van der Waals surface area contributed by atoms with Crippen LogP contribution in [0.5, 0.6) is 0 Å². The summed E-state index contributed by atoms with van der Waals surface area (Å²) < 4.78 is 0. The summed E-state index contributed by atoms with van der Waals surface area (Å²) in [7, 11) is 1.82. The van der Waals surface area contributed by atoms with Crippen molar-refractivity contribution >= 4 is 17.3 Å². The number of benzene rings is 1. The van der Waals surface area contributed by atoms with Crippen molar-refractivity contribution in [3.05, 3.63) is 47.1 Å². The van der Waals surface area contributed by atoms with Crippen LogP contribution in [0.3, 0.4) is 0 Å². The molecule has 1 N–H and O–H groups in total. The van der Waals surface area contributed by atoms with Crippen molar-refractivity contribution in [2.24, 2.45) is 0 Å². The molecule has 3 aromatic rings. The average Bonchev–Trinajstić information content (AvgIpc) is 2.89. The second-order valence-electron chi connectivity index (χ2n) is 4.80. The standard InChI is InChI=1S/C16H16N4S/c1-10-5-4-6-12(9-10)14-15(21-11(2)19-14)13-7-8-18-16(17-3)20-13/h4-9H,1-3H3,(H,17,18,20). The molecule has 5 heteroatoms. The van der Waals surface area contributed by atoms with Gasteiger partial charge in [-0.3, -0.25) is 0 Å². The Balaban J connectivity index is 2.15. The first kappa shape index (κ1) is 13.7. The molecule has 0 aliphatic rings. The Hall–Kier alpha value is -2.27. The van der Waals surface area contributed by atoms with Gasteiger partial charge in [-0.1, -0.05) is 23.8 Å². The van der Waals surface area contributed by atoms with Gasteiger partial charge in [0, 0.05) is 18.8 Å². The topological polar surface area (TPSA) is 50.7 Å². The molecule has 2 heterocycles. The van der Waals surface area contributed by atoms with Gasteiger partial charge in [0.25, 0.3) is 0 Å². The maximum Gasteiger partial charge on any atom is 0.222 e. The Morgan fingerprint density at radius 1 is 1.10 bits per heavy atom. The highest BCUT2D eigenvalue weighted by atomic mass is 32.1. The quantitative estimate of drug-likeness (QED) is 0.795. The molecule has 106 valence electrons. The van der Waals surface area contributed by atoms with Gasteiger partial charge in [0.2, 0.25) is 5.95 Å². The molecule has 0 aliphatic heterocycles. The van der Waals surface area contributed by atoms with Crippen LogP contribution in [-0.2, 0) is 0 Å². The van der Waals surface area contributed by atoms with E-state index in [1.54, 1.807) is 17.5 Å². The minimum atomic E-state index is 0.619. The summed E-state index contributed by atoms with van der Waals surface area (Å²) in [6.45, 7) is 4.11. The van der Waals surface area contributed by atoms with Crippen LogP contribution in [0.25, 0.3) is 21.8 Å². The second kappa shape index (κ2) is 5.61. The summed E-state index contributed by atoms with van der Waals surface area (Å²) in [5, 5.41) is 4.01. The summed E-state index contributed by atoms with van der Waals surface area (Å²) in [5.74, 6) is 0.619. The normalized spacial score (nSPS) is 10.6. The molecule has 2 aromatic heterocycles. The molecule has 0 saturated carbocycles. The van der Waals surface area contributed by atoms with E-state index in [4.69, 9.17) is 4.98 Å². The number of aromatic nitrogens is 3. The first-order chi connectivity index (χ1) is 10.2. The van der Waals surface area contributed by atoms with E-state index < -0.39 is 0 Å². The first-order valence-corrected chi connectivity index (χ1v) is 7.54. The van der Waals surface area contributed by atoms with Crippen molar-refractivity contribution in [2.75, 3.05) is 12.4 Å². The van der Waals surface area contributed by atoms with E-state index in [0.717, 1.165) is 26.8 Å².